The lowest BCUT2D eigenvalue weighted by Crippen LogP contribution is -2.49. The predicted molar refractivity (Wildman–Crippen MR) is 377 cm³/mol. The summed E-state index contributed by atoms with van der Waals surface area (Å²) >= 11 is 2.87. The van der Waals surface area contributed by atoms with E-state index in [9.17, 15) is 48.9 Å². The molecule has 9 heterocycles. The summed E-state index contributed by atoms with van der Waals surface area (Å²) in [5, 5.41) is 45.1. The lowest BCUT2D eigenvalue weighted by atomic mass is 10.0. The molecular formula is C75H63FN14O6S2. The number of halogens is 1. The number of aromatic nitrogens is 4. The summed E-state index contributed by atoms with van der Waals surface area (Å²) in [6.07, 6.45) is 1.59. The zero-order valence-electron chi connectivity index (χ0n) is 53.5. The van der Waals surface area contributed by atoms with Gasteiger partial charge in [-0.3, -0.25) is 33.8 Å². The number of carbonyl (C=O) groups excluding carboxylic acids is 3. The van der Waals surface area contributed by atoms with Crippen LogP contribution < -0.4 is 31.4 Å². The molecule has 0 N–H and O–H groups in total. The van der Waals surface area contributed by atoms with Gasteiger partial charge in [0.1, 0.15) is 46.4 Å². The topological polar surface area (TPSA) is 245 Å². The molecule has 5 aromatic carbocycles. The molecule has 6 aromatic heterocycles. The molecule has 3 amide bonds. The fourth-order valence-electron chi connectivity index (χ4n) is 12.8. The number of hydrogen-bond acceptors (Lipinski definition) is 16. The Morgan fingerprint density at radius 1 is 0.459 bits per heavy atom. The van der Waals surface area contributed by atoms with Gasteiger partial charge in [0.05, 0.1) is 68.1 Å². The van der Waals surface area contributed by atoms with Gasteiger partial charge in [-0.15, -0.1) is 22.7 Å². The number of hydrogen-bond donors (Lipinski definition) is 0. The van der Waals surface area contributed by atoms with Crippen molar-refractivity contribution in [3.05, 3.63) is 266 Å². The molecule has 488 valence electrons. The van der Waals surface area contributed by atoms with Gasteiger partial charge in [-0.1, -0.05) is 90.5 Å². The van der Waals surface area contributed by atoms with E-state index in [1.807, 2.05) is 140 Å². The molecule has 98 heavy (non-hydrogen) atoms. The van der Waals surface area contributed by atoms with E-state index in [1.54, 1.807) is 69.7 Å². The zero-order chi connectivity index (χ0) is 68.6. The number of benzene rings is 5. The number of piperazine rings is 3. The van der Waals surface area contributed by atoms with Crippen LogP contribution in [0.3, 0.4) is 0 Å². The number of pyridine rings is 4. The van der Waals surface area contributed by atoms with E-state index in [-0.39, 0.29) is 57.9 Å². The summed E-state index contributed by atoms with van der Waals surface area (Å²) in [5.41, 5.74) is 7.12. The fourth-order valence-corrected chi connectivity index (χ4v) is 14.2. The summed E-state index contributed by atoms with van der Waals surface area (Å²) in [5.74, 6) is -0.423. The summed E-state index contributed by atoms with van der Waals surface area (Å²) < 4.78 is 18.1. The van der Waals surface area contributed by atoms with Crippen LogP contribution in [0, 0.1) is 58.1 Å². The average molecular weight is 1340 g/mol. The van der Waals surface area contributed by atoms with Crippen LogP contribution in [0.2, 0.25) is 0 Å². The first-order valence-electron chi connectivity index (χ1n) is 31.7. The van der Waals surface area contributed by atoms with Gasteiger partial charge in [-0.25, -0.2) is 4.39 Å². The monoisotopic (exact) mass is 1340 g/mol. The van der Waals surface area contributed by atoms with Gasteiger partial charge < -0.3 is 43.1 Å². The number of nitriles is 4. The van der Waals surface area contributed by atoms with Crippen molar-refractivity contribution in [1.29, 1.82) is 21.0 Å². The molecule has 0 unspecified atom stereocenters. The Labute approximate surface area is 570 Å². The van der Waals surface area contributed by atoms with Crippen molar-refractivity contribution in [2.24, 2.45) is 7.05 Å². The number of carbonyl (C=O) groups is 3. The summed E-state index contributed by atoms with van der Waals surface area (Å²) in [6, 6.07) is 55.2. The largest absolute Gasteiger partial charge is 0.366 e. The highest BCUT2D eigenvalue weighted by Crippen LogP contribution is 2.34. The SMILES string of the molecule is Cc1ccc2c(c1)c(N1CCN(C(=O)c3cccs3)CC1)c(C#N)c(=O)n2C.N#Cc1c(N2CCN(C(=O)c3ccccn3)CC2)c2ccccc2n(Cc2ccc(F)cc2)c1=O.N#Cc1ccc(Cn2c(=O)c(C#N)c(N3CCN(C(=O)c4cccs4)CC3)c3ccccc32)cc1. The number of anilines is 3. The van der Waals surface area contributed by atoms with Gasteiger partial charge in [-0.2, -0.15) is 21.0 Å². The van der Waals surface area contributed by atoms with Crippen molar-refractivity contribution >= 4 is 90.2 Å². The van der Waals surface area contributed by atoms with Crippen LogP contribution in [0.4, 0.5) is 21.5 Å². The van der Waals surface area contributed by atoms with E-state index >= 15 is 0 Å². The van der Waals surface area contributed by atoms with Crippen LogP contribution in [0.5, 0.6) is 0 Å². The lowest BCUT2D eigenvalue weighted by molar-refractivity contribution is 0.0736. The zero-order valence-corrected chi connectivity index (χ0v) is 55.2. The molecule has 11 aromatic rings. The first-order chi connectivity index (χ1) is 47.7. The maximum Gasteiger partial charge on any atom is 0.272 e. The average Bonchev–Trinajstić information content (AvgIpc) is 0.815. The Kier molecular flexibility index (Phi) is 19.7. The Morgan fingerprint density at radius 2 is 0.888 bits per heavy atom. The molecule has 0 bridgehead atoms. The molecule has 3 fully saturated rings. The number of nitrogens with zero attached hydrogens (tertiary/aromatic N) is 14. The summed E-state index contributed by atoms with van der Waals surface area (Å²) in [4.78, 5) is 95.0. The molecular weight excluding hydrogens is 1280 g/mol. The van der Waals surface area contributed by atoms with Gasteiger partial charge in [-0.05, 0) is 102 Å². The third-order valence-corrected chi connectivity index (χ3v) is 19.5. The highest BCUT2D eigenvalue weighted by Gasteiger charge is 2.31. The Balaban J connectivity index is 0.000000141. The van der Waals surface area contributed by atoms with Crippen molar-refractivity contribution < 1.29 is 18.8 Å². The molecule has 14 rings (SSSR count). The lowest BCUT2D eigenvalue weighted by Gasteiger charge is -2.37. The van der Waals surface area contributed by atoms with Crippen molar-refractivity contribution in [3.63, 3.8) is 0 Å². The van der Waals surface area contributed by atoms with E-state index in [0.29, 0.717) is 124 Å². The number of aryl methyl sites for hydroxylation is 2. The second kappa shape index (κ2) is 29.3. The Morgan fingerprint density at radius 3 is 1.32 bits per heavy atom. The van der Waals surface area contributed by atoms with E-state index in [2.05, 4.69) is 34.2 Å². The number of fused-ring (bicyclic) bond motifs is 3. The standard InChI is InChI=1S/C27H22FN5O2.C27H21N5O2S.C21H20N4O2S/c28-20-10-8-19(9-11-20)18-33-24-7-2-1-5-21(24)25(22(17-29)26(33)34)31-13-15-32(16-14-31)27(35)23-6-3-4-12-30-23;28-16-19-7-9-20(10-8-19)18-32-23-5-2-1-4-21(23)25(22(17-29)26(32)33)30-11-13-31(14-12-30)27(34)24-6-3-15-35-24;1-14-5-6-17-15(12-14)19(16(13-22)20(26)23(17)2)24-7-9-25(10-8-24)21(27)18-4-3-11-28-18/h1-12H,13-16,18H2;1-10,15H,11-14,18H2;3-6,11-12H,7-10H2,1-2H3. The molecule has 3 aliphatic rings. The minimum absolute atomic E-state index is 0.0165. The molecule has 0 spiro atoms. The van der Waals surface area contributed by atoms with Gasteiger partial charge in [0.15, 0.2) is 0 Å². The van der Waals surface area contributed by atoms with Crippen molar-refractivity contribution in [2.45, 2.75) is 20.0 Å². The van der Waals surface area contributed by atoms with E-state index in [4.69, 9.17) is 5.26 Å². The van der Waals surface area contributed by atoms with Crippen LogP contribution in [0.25, 0.3) is 32.7 Å². The number of amides is 3. The minimum atomic E-state index is -0.391. The van der Waals surface area contributed by atoms with E-state index in [1.165, 1.54) is 39.4 Å². The quantitative estimate of drug-likeness (QED) is 0.124. The van der Waals surface area contributed by atoms with Crippen LogP contribution in [-0.4, -0.2) is 130 Å². The number of rotatable bonds is 10. The molecule has 0 aliphatic carbocycles. The number of para-hydroxylation sites is 2. The van der Waals surface area contributed by atoms with Crippen LogP contribution in [0.15, 0.2) is 189 Å². The molecule has 3 aliphatic heterocycles. The first-order valence-corrected chi connectivity index (χ1v) is 33.4. The normalized spacial score (nSPS) is 13.7. The third kappa shape index (κ3) is 13.5. The van der Waals surface area contributed by atoms with Crippen molar-refractivity contribution in [3.8, 4) is 24.3 Å². The van der Waals surface area contributed by atoms with Crippen LogP contribution in [-0.2, 0) is 20.1 Å². The van der Waals surface area contributed by atoms with E-state index < -0.39 is 5.56 Å². The summed E-state index contributed by atoms with van der Waals surface area (Å²) in [7, 11) is 1.70. The van der Waals surface area contributed by atoms with E-state index in [0.717, 1.165) is 48.8 Å². The second-order valence-electron chi connectivity index (χ2n) is 23.7. The molecule has 3 saturated heterocycles. The molecule has 0 radical (unpaired) electrons. The highest BCUT2D eigenvalue weighted by atomic mass is 32.1. The second-order valence-corrected chi connectivity index (χ2v) is 25.5. The third-order valence-electron chi connectivity index (χ3n) is 17.8. The predicted octanol–water partition coefficient (Wildman–Crippen LogP) is 9.98. The molecule has 0 saturated carbocycles. The maximum absolute atomic E-state index is 13.5. The van der Waals surface area contributed by atoms with Gasteiger partial charge in [0.25, 0.3) is 34.4 Å². The van der Waals surface area contributed by atoms with Crippen LogP contribution >= 0.6 is 22.7 Å². The van der Waals surface area contributed by atoms with Gasteiger partial charge in [0.2, 0.25) is 0 Å². The molecule has 20 nitrogen and oxygen atoms in total. The minimum Gasteiger partial charge on any atom is -0.366 e. The molecule has 23 heteroatoms. The Bertz CT molecular complexity index is 5200. The summed E-state index contributed by atoms with van der Waals surface area (Å²) in [6.45, 7) is 8.79. The van der Waals surface area contributed by atoms with Crippen molar-refractivity contribution in [1.82, 2.24) is 33.4 Å². The van der Waals surface area contributed by atoms with Gasteiger partial charge in [0, 0.05) is 108 Å². The highest BCUT2D eigenvalue weighted by molar-refractivity contribution is 7.12. The van der Waals surface area contributed by atoms with Gasteiger partial charge >= 0.3 is 0 Å². The first kappa shape index (κ1) is 66.0. The fraction of sp³-hybridized carbons (Fsp3) is 0.213. The van der Waals surface area contributed by atoms with Crippen molar-refractivity contribution in [2.75, 3.05) is 93.2 Å². The molecule has 0 atom stereocenters. The maximum atomic E-state index is 13.5. The number of thiophene rings is 2. The Hall–Kier alpha value is -12.0. The van der Waals surface area contributed by atoms with Crippen LogP contribution in [0.1, 0.15) is 68.8 Å². The smallest absolute Gasteiger partial charge is 0.272 e.